The zero-order valence-electron chi connectivity index (χ0n) is 18.8. The maximum absolute atomic E-state index is 12.8. The van der Waals surface area contributed by atoms with Crippen LogP contribution >= 0.6 is 11.6 Å². The molecule has 3 atom stereocenters. The van der Waals surface area contributed by atoms with Crippen LogP contribution in [0.2, 0.25) is 0 Å². The Kier molecular flexibility index (Phi) is 14.9. The molecule has 10 heteroatoms. The van der Waals surface area contributed by atoms with Crippen LogP contribution in [0.3, 0.4) is 0 Å². The lowest BCUT2D eigenvalue weighted by molar-refractivity contribution is -0.142. The van der Waals surface area contributed by atoms with E-state index in [2.05, 4.69) is 22.2 Å². The van der Waals surface area contributed by atoms with Crippen LogP contribution in [0.4, 0.5) is 0 Å². The Bertz CT molecular complexity index is 726. The summed E-state index contributed by atoms with van der Waals surface area (Å²) in [7, 11) is 0. The number of aliphatic carboxylic acids is 1. The molecular weight excluding hydrogens is 436 g/mol. The molecule has 0 fully saturated rings. The Morgan fingerprint density at radius 2 is 1.53 bits per heavy atom. The van der Waals surface area contributed by atoms with Crippen molar-refractivity contribution >= 4 is 34.6 Å². The fraction of sp³-hybridized carbons (Fsp3) is 0.545. The summed E-state index contributed by atoms with van der Waals surface area (Å²) in [6.07, 6.45) is 1.77. The Hall–Kier alpha value is -2.49. The minimum Gasteiger partial charge on any atom is -0.480 e. The quantitative estimate of drug-likeness (QED) is 0.226. The second-order valence-electron chi connectivity index (χ2n) is 7.67. The van der Waals surface area contributed by atoms with Gasteiger partial charge in [0.05, 0.1) is 6.04 Å². The van der Waals surface area contributed by atoms with E-state index in [1.807, 2.05) is 44.2 Å². The van der Waals surface area contributed by atoms with Gasteiger partial charge in [-0.3, -0.25) is 14.4 Å². The fourth-order valence-electron chi connectivity index (χ4n) is 2.65. The predicted octanol–water partition coefficient (Wildman–Crippen LogP) is 1.17. The standard InChI is InChI=1S/C20H32N4O4.C2H3ClO/c1-13(2)17(22)19(26)24-16(12-14-8-4-3-5-9-14)18(25)23-15(20(27)28)10-6-7-11-21;1-2(3)4/h3-5,8-9,13,15-17H,6-7,10-12,21-22H2,1-2H3,(H,23,25)(H,24,26)(H,27,28);1H3/t15-,16-,17+;/m0./s1. The van der Waals surface area contributed by atoms with Gasteiger partial charge in [0.15, 0.2) is 0 Å². The third-order valence-electron chi connectivity index (χ3n) is 4.50. The van der Waals surface area contributed by atoms with Crippen molar-refractivity contribution in [2.45, 2.75) is 64.6 Å². The summed E-state index contributed by atoms with van der Waals surface area (Å²) in [6, 6.07) is 6.48. The number of carbonyl (C=O) groups is 4. The molecule has 1 rings (SSSR count). The van der Waals surface area contributed by atoms with E-state index >= 15 is 0 Å². The van der Waals surface area contributed by atoms with Gasteiger partial charge in [-0.2, -0.15) is 0 Å². The summed E-state index contributed by atoms with van der Waals surface area (Å²) >= 11 is 4.64. The Morgan fingerprint density at radius 1 is 1.00 bits per heavy atom. The van der Waals surface area contributed by atoms with Crippen LogP contribution in [0.15, 0.2) is 30.3 Å². The first kappa shape index (κ1) is 29.5. The van der Waals surface area contributed by atoms with Crippen LogP contribution in [0.5, 0.6) is 0 Å². The largest absolute Gasteiger partial charge is 0.480 e. The Labute approximate surface area is 194 Å². The van der Waals surface area contributed by atoms with Crippen molar-refractivity contribution in [1.29, 1.82) is 0 Å². The number of carbonyl (C=O) groups excluding carboxylic acids is 3. The number of carboxylic acids is 1. The van der Waals surface area contributed by atoms with Gasteiger partial charge in [0.1, 0.15) is 12.1 Å². The zero-order chi connectivity index (χ0) is 24.7. The Morgan fingerprint density at radius 3 is 2.00 bits per heavy atom. The Balaban J connectivity index is 0.00000220. The van der Waals surface area contributed by atoms with E-state index in [1.54, 1.807) is 0 Å². The molecule has 2 amide bonds. The summed E-state index contributed by atoms with van der Waals surface area (Å²) in [4.78, 5) is 45.8. The van der Waals surface area contributed by atoms with E-state index in [9.17, 15) is 24.3 Å². The predicted molar refractivity (Wildman–Crippen MR) is 124 cm³/mol. The number of unbranched alkanes of at least 4 members (excludes halogenated alkanes) is 1. The molecule has 0 unspecified atom stereocenters. The minimum absolute atomic E-state index is 0.0940. The molecule has 0 spiro atoms. The number of rotatable bonds is 12. The zero-order valence-corrected chi connectivity index (χ0v) is 19.6. The van der Waals surface area contributed by atoms with Crippen molar-refractivity contribution in [3.05, 3.63) is 35.9 Å². The van der Waals surface area contributed by atoms with Gasteiger partial charge in [-0.15, -0.1) is 0 Å². The van der Waals surface area contributed by atoms with Crippen molar-refractivity contribution in [2.75, 3.05) is 6.54 Å². The van der Waals surface area contributed by atoms with Gasteiger partial charge < -0.3 is 27.2 Å². The highest BCUT2D eigenvalue weighted by Crippen LogP contribution is 2.07. The molecule has 0 saturated heterocycles. The average molecular weight is 471 g/mol. The highest BCUT2D eigenvalue weighted by Gasteiger charge is 2.28. The molecule has 0 radical (unpaired) electrons. The van der Waals surface area contributed by atoms with Crippen molar-refractivity contribution in [2.24, 2.45) is 17.4 Å². The molecular formula is C22H35ClN4O5. The van der Waals surface area contributed by atoms with Crippen molar-refractivity contribution in [3.8, 4) is 0 Å². The van der Waals surface area contributed by atoms with Gasteiger partial charge in [-0.05, 0) is 48.9 Å². The monoisotopic (exact) mass is 470 g/mol. The van der Waals surface area contributed by atoms with Crippen LogP contribution in [-0.2, 0) is 25.6 Å². The van der Waals surface area contributed by atoms with Gasteiger partial charge in [-0.25, -0.2) is 4.79 Å². The summed E-state index contributed by atoms with van der Waals surface area (Å²) < 4.78 is 0. The number of nitrogens with one attached hydrogen (secondary N) is 2. The first-order chi connectivity index (χ1) is 15.0. The van der Waals surface area contributed by atoms with E-state index < -0.39 is 35.9 Å². The number of halogens is 1. The topological polar surface area (TPSA) is 165 Å². The summed E-state index contributed by atoms with van der Waals surface area (Å²) in [6.45, 7) is 5.38. The maximum atomic E-state index is 12.8. The van der Waals surface area contributed by atoms with Gasteiger partial charge in [-0.1, -0.05) is 44.2 Å². The molecule has 9 nitrogen and oxygen atoms in total. The van der Waals surface area contributed by atoms with E-state index in [0.717, 1.165) is 5.56 Å². The summed E-state index contributed by atoms with van der Waals surface area (Å²) in [5.74, 6) is -2.20. The summed E-state index contributed by atoms with van der Waals surface area (Å²) in [5.41, 5.74) is 12.2. The lowest BCUT2D eigenvalue weighted by Gasteiger charge is -2.24. The SMILES string of the molecule is CC(=O)Cl.CC(C)[C@@H](N)C(=O)N[C@@H](Cc1ccccc1)C(=O)N[C@@H](CCCCN)C(=O)O. The molecule has 1 aromatic carbocycles. The van der Waals surface area contributed by atoms with Crippen LogP contribution in [-0.4, -0.2) is 52.8 Å². The molecule has 7 N–H and O–H groups in total. The first-order valence-electron chi connectivity index (χ1n) is 10.5. The molecule has 1 aromatic rings. The summed E-state index contributed by atoms with van der Waals surface area (Å²) in [5, 5.41) is 14.2. The van der Waals surface area contributed by atoms with Crippen molar-refractivity contribution < 1.29 is 24.3 Å². The number of hydrogen-bond donors (Lipinski definition) is 5. The number of benzene rings is 1. The highest BCUT2D eigenvalue weighted by molar-refractivity contribution is 6.62. The number of nitrogens with two attached hydrogens (primary N) is 2. The van der Waals surface area contributed by atoms with Gasteiger partial charge in [0.2, 0.25) is 17.1 Å². The molecule has 0 bridgehead atoms. The molecule has 0 aliphatic rings. The molecule has 0 saturated carbocycles. The van der Waals surface area contributed by atoms with Crippen molar-refractivity contribution in [1.82, 2.24) is 10.6 Å². The maximum Gasteiger partial charge on any atom is 0.326 e. The molecule has 180 valence electrons. The smallest absolute Gasteiger partial charge is 0.326 e. The molecule has 32 heavy (non-hydrogen) atoms. The normalized spacial score (nSPS) is 13.2. The molecule has 0 aromatic heterocycles. The van der Waals surface area contributed by atoms with E-state index in [4.69, 9.17) is 11.5 Å². The average Bonchev–Trinajstić information content (AvgIpc) is 2.72. The third-order valence-corrected chi connectivity index (χ3v) is 4.50. The van der Waals surface area contributed by atoms with Crippen LogP contribution in [0.25, 0.3) is 0 Å². The second-order valence-corrected chi connectivity index (χ2v) is 8.21. The van der Waals surface area contributed by atoms with E-state index in [0.29, 0.717) is 19.4 Å². The third kappa shape index (κ3) is 13.0. The minimum atomic E-state index is -1.12. The van der Waals surface area contributed by atoms with E-state index in [1.165, 1.54) is 6.92 Å². The van der Waals surface area contributed by atoms with Crippen molar-refractivity contribution in [3.63, 3.8) is 0 Å². The second kappa shape index (κ2) is 16.2. The van der Waals surface area contributed by atoms with Gasteiger partial charge in [0, 0.05) is 13.3 Å². The number of hydrogen-bond acceptors (Lipinski definition) is 6. The lowest BCUT2D eigenvalue weighted by Crippen LogP contribution is -2.56. The number of amides is 2. The van der Waals surface area contributed by atoms with Crippen LogP contribution in [0, 0.1) is 5.92 Å². The van der Waals surface area contributed by atoms with Crippen LogP contribution < -0.4 is 22.1 Å². The molecule has 0 heterocycles. The van der Waals surface area contributed by atoms with E-state index in [-0.39, 0.29) is 24.0 Å². The fourth-order valence-corrected chi connectivity index (χ4v) is 2.65. The van der Waals surface area contributed by atoms with Gasteiger partial charge in [0.25, 0.3) is 0 Å². The van der Waals surface area contributed by atoms with Gasteiger partial charge >= 0.3 is 5.97 Å². The lowest BCUT2D eigenvalue weighted by atomic mass is 10.0. The molecule has 0 aliphatic carbocycles. The first-order valence-corrected chi connectivity index (χ1v) is 10.9. The highest BCUT2D eigenvalue weighted by atomic mass is 35.5. The molecule has 0 aliphatic heterocycles. The number of carboxylic acid groups (broad SMARTS) is 1. The van der Waals surface area contributed by atoms with Crippen LogP contribution in [0.1, 0.15) is 45.6 Å².